The molecule has 0 saturated heterocycles. The molecule has 1 atom stereocenters. The Labute approximate surface area is 86.4 Å². The number of hydrogen-bond acceptors (Lipinski definition) is 1. The molecule has 0 heterocycles. The Hall–Kier alpha value is -1.08. The van der Waals surface area contributed by atoms with Gasteiger partial charge in [0, 0.05) is 0 Å². The molecule has 0 radical (unpaired) electrons. The molecule has 1 aromatic carbocycles. The molecule has 0 aliphatic carbocycles. The van der Waals surface area contributed by atoms with Crippen LogP contribution in [0.1, 0.15) is 25.3 Å². The fourth-order valence-electron chi connectivity index (χ4n) is 1.33. The predicted octanol–water partition coefficient (Wildman–Crippen LogP) is 3.56. The van der Waals surface area contributed by atoms with Gasteiger partial charge in [0.25, 0.3) is 0 Å². The molecule has 0 aliphatic rings. The van der Waals surface area contributed by atoms with Crippen LogP contribution < -0.4 is 0 Å². The minimum Gasteiger partial charge on any atom is -0.369 e. The Morgan fingerprint density at radius 2 is 2.07 bits per heavy atom. The minimum atomic E-state index is 0.195. The van der Waals surface area contributed by atoms with Crippen molar-refractivity contribution in [2.45, 2.75) is 32.5 Å². The summed E-state index contributed by atoms with van der Waals surface area (Å²) in [6.07, 6.45) is 4.26. The summed E-state index contributed by atoms with van der Waals surface area (Å²) in [6, 6.07) is 10.2. The maximum atomic E-state index is 5.70. The minimum absolute atomic E-state index is 0.195. The van der Waals surface area contributed by atoms with Crippen LogP contribution in [0.4, 0.5) is 0 Å². The van der Waals surface area contributed by atoms with Gasteiger partial charge >= 0.3 is 0 Å². The van der Waals surface area contributed by atoms with Crippen LogP contribution in [-0.4, -0.2) is 6.10 Å². The van der Waals surface area contributed by atoms with Gasteiger partial charge in [0.05, 0.1) is 12.7 Å². The van der Waals surface area contributed by atoms with Crippen molar-refractivity contribution in [2.24, 2.45) is 0 Å². The van der Waals surface area contributed by atoms with Gasteiger partial charge in [0.2, 0.25) is 0 Å². The first-order chi connectivity index (χ1) is 6.86. The maximum Gasteiger partial charge on any atom is 0.0757 e. The van der Waals surface area contributed by atoms with Gasteiger partial charge in [-0.3, -0.25) is 0 Å². The molecule has 14 heavy (non-hydrogen) atoms. The average molecular weight is 190 g/mol. The highest BCUT2D eigenvalue weighted by molar-refractivity contribution is 5.13. The summed E-state index contributed by atoms with van der Waals surface area (Å²) in [5.74, 6) is 0. The second kappa shape index (κ2) is 6.39. The lowest BCUT2D eigenvalue weighted by Gasteiger charge is -2.12. The lowest BCUT2D eigenvalue weighted by molar-refractivity contribution is 0.0663. The summed E-state index contributed by atoms with van der Waals surface area (Å²) >= 11 is 0. The lowest BCUT2D eigenvalue weighted by atomic mass is 10.2. The number of ether oxygens (including phenoxy) is 1. The predicted molar refractivity (Wildman–Crippen MR) is 60.1 cm³/mol. The van der Waals surface area contributed by atoms with Gasteiger partial charge in [-0.15, -0.1) is 6.58 Å². The van der Waals surface area contributed by atoms with Crippen molar-refractivity contribution in [1.29, 1.82) is 0 Å². The summed E-state index contributed by atoms with van der Waals surface area (Å²) in [6.45, 7) is 6.60. The number of rotatable bonds is 6. The van der Waals surface area contributed by atoms with Crippen molar-refractivity contribution in [2.75, 3.05) is 0 Å². The molecule has 1 heteroatoms. The zero-order valence-electron chi connectivity index (χ0n) is 8.78. The monoisotopic (exact) mass is 190 g/mol. The molecule has 1 unspecified atom stereocenters. The van der Waals surface area contributed by atoms with Gasteiger partial charge in [-0.25, -0.2) is 0 Å². The molecule has 0 spiro atoms. The van der Waals surface area contributed by atoms with E-state index in [1.807, 2.05) is 24.3 Å². The highest BCUT2D eigenvalue weighted by Gasteiger charge is 2.02. The second-order valence-electron chi connectivity index (χ2n) is 3.36. The third-order valence-corrected chi connectivity index (χ3v) is 2.14. The molecular formula is C13H18O. The molecular weight excluding hydrogens is 172 g/mol. The van der Waals surface area contributed by atoms with Crippen LogP contribution in [0.5, 0.6) is 0 Å². The van der Waals surface area contributed by atoms with Crippen LogP contribution in [0.3, 0.4) is 0 Å². The zero-order chi connectivity index (χ0) is 10.2. The Balaban J connectivity index is 2.35. The Morgan fingerprint density at radius 1 is 1.36 bits per heavy atom. The standard InChI is InChI=1S/C13H18O/c1-3-8-13(4-2)14-11-12-9-6-5-7-10-12/h4-7,9-10,13H,2-3,8,11H2,1H3. The Bertz CT molecular complexity index is 253. The number of benzene rings is 1. The van der Waals surface area contributed by atoms with Crippen molar-refractivity contribution in [3.05, 3.63) is 48.6 Å². The molecule has 0 N–H and O–H groups in total. The van der Waals surface area contributed by atoms with Crippen molar-refractivity contribution < 1.29 is 4.74 Å². The van der Waals surface area contributed by atoms with Crippen LogP contribution in [0.25, 0.3) is 0 Å². The van der Waals surface area contributed by atoms with Gasteiger partial charge in [-0.1, -0.05) is 49.8 Å². The summed E-state index contributed by atoms with van der Waals surface area (Å²) in [4.78, 5) is 0. The second-order valence-corrected chi connectivity index (χ2v) is 3.36. The Morgan fingerprint density at radius 3 is 2.64 bits per heavy atom. The topological polar surface area (TPSA) is 9.23 Å². The lowest BCUT2D eigenvalue weighted by Crippen LogP contribution is -2.08. The first-order valence-corrected chi connectivity index (χ1v) is 5.15. The molecule has 1 rings (SSSR count). The first-order valence-electron chi connectivity index (χ1n) is 5.15. The quantitative estimate of drug-likeness (QED) is 0.623. The molecule has 0 saturated carbocycles. The van der Waals surface area contributed by atoms with E-state index in [9.17, 15) is 0 Å². The van der Waals surface area contributed by atoms with Gasteiger partial charge in [0.1, 0.15) is 0 Å². The zero-order valence-corrected chi connectivity index (χ0v) is 8.78. The highest BCUT2D eigenvalue weighted by Crippen LogP contribution is 2.07. The van der Waals surface area contributed by atoms with Crippen LogP contribution in [0, 0.1) is 0 Å². The van der Waals surface area contributed by atoms with Crippen molar-refractivity contribution in [3.8, 4) is 0 Å². The van der Waals surface area contributed by atoms with E-state index in [1.165, 1.54) is 5.56 Å². The van der Waals surface area contributed by atoms with Crippen molar-refractivity contribution in [3.63, 3.8) is 0 Å². The van der Waals surface area contributed by atoms with Crippen molar-refractivity contribution >= 4 is 0 Å². The van der Waals surface area contributed by atoms with Crippen LogP contribution in [-0.2, 0) is 11.3 Å². The average Bonchev–Trinajstić information content (AvgIpc) is 2.25. The van der Waals surface area contributed by atoms with Gasteiger partial charge in [-0.2, -0.15) is 0 Å². The van der Waals surface area contributed by atoms with E-state index in [-0.39, 0.29) is 6.10 Å². The molecule has 1 aromatic rings. The third kappa shape index (κ3) is 3.75. The number of hydrogen-bond donors (Lipinski definition) is 0. The van der Waals surface area contributed by atoms with E-state index >= 15 is 0 Å². The molecule has 0 aliphatic heterocycles. The summed E-state index contributed by atoms with van der Waals surface area (Å²) in [5, 5.41) is 0. The fourth-order valence-corrected chi connectivity index (χ4v) is 1.33. The van der Waals surface area contributed by atoms with Gasteiger partial charge in [-0.05, 0) is 12.0 Å². The molecule has 0 bridgehead atoms. The van der Waals surface area contributed by atoms with E-state index in [4.69, 9.17) is 4.74 Å². The van der Waals surface area contributed by atoms with E-state index in [0.717, 1.165) is 12.8 Å². The smallest absolute Gasteiger partial charge is 0.0757 e. The molecule has 0 fully saturated rings. The molecule has 1 nitrogen and oxygen atoms in total. The van der Waals surface area contributed by atoms with Crippen LogP contribution >= 0.6 is 0 Å². The van der Waals surface area contributed by atoms with E-state index in [0.29, 0.717) is 6.61 Å². The van der Waals surface area contributed by atoms with E-state index in [1.54, 1.807) is 0 Å². The molecule has 76 valence electrons. The largest absolute Gasteiger partial charge is 0.369 e. The first kappa shape index (κ1) is 11.0. The third-order valence-electron chi connectivity index (χ3n) is 2.14. The summed E-state index contributed by atoms with van der Waals surface area (Å²) in [7, 11) is 0. The summed E-state index contributed by atoms with van der Waals surface area (Å²) < 4.78 is 5.70. The molecule has 0 amide bonds. The normalized spacial score (nSPS) is 12.4. The van der Waals surface area contributed by atoms with Crippen LogP contribution in [0.2, 0.25) is 0 Å². The Kier molecular flexibility index (Phi) is 5.02. The summed E-state index contributed by atoms with van der Waals surface area (Å²) in [5.41, 5.74) is 1.22. The van der Waals surface area contributed by atoms with Gasteiger partial charge in [0.15, 0.2) is 0 Å². The van der Waals surface area contributed by atoms with Gasteiger partial charge < -0.3 is 4.74 Å². The van der Waals surface area contributed by atoms with E-state index in [2.05, 4.69) is 25.6 Å². The molecule has 0 aromatic heterocycles. The maximum absolute atomic E-state index is 5.70. The van der Waals surface area contributed by atoms with Crippen LogP contribution in [0.15, 0.2) is 43.0 Å². The van der Waals surface area contributed by atoms with E-state index < -0.39 is 0 Å². The van der Waals surface area contributed by atoms with Crippen molar-refractivity contribution in [1.82, 2.24) is 0 Å². The highest BCUT2D eigenvalue weighted by atomic mass is 16.5. The SMILES string of the molecule is C=CC(CCC)OCc1ccccc1. The fraction of sp³-hybridized carbons (Fsp3) is 0.385.